The van der Waals surface area contributed by atoms with Gasteiger partial charge in [0.05, 0.1) is 23.3 Å². The third-order valence-electron chi connectivity index (χ3n) is 5.21. The maximum absolute atomic E-state index is 13.1. The number of benzene rings is 1. The zero-order valence-corrected chi connectivity index (χ0v) is 18.4. The molecule has 0 bridgehead atoms. The summed E-state index contributed by atoms with van der Waals surface area (Å²) >= 11 is 2.96. The second kappa shape index (κ2) is 7.11. The Hall–Kier alpha value is -2.36. The zero-order chi connectivity index (χ0) is 21.0. The number of hydrogen-bond acceptors (Lipinski definition) is 7. The number of thioether (sulfide) groups is 1. The molecular weight excluding hydrogens is 423 g/mol. The van der Waals surface area contributed by atoms with E-state index in [4.69, 9.17) is 9.72 Å². The molecule has 4 heterocycles. The first-order chi connectivity index (χ1) is 14.3. The molecule has 0 radical (unpaired) electrons. The number of carbonyl (C=O) groups excluding carboxylic acids is 1. The van der Waals surface area contributed by atoms with Crippen LogP contribution in [-0.4, -0.2) is 36.7 Å². The highest BCUT2D eigenvalue weighted by atomic mass is 32.2. The third-order valence-corrected chi connectivity index (χ3v) is 7.24. The molecule has 1 aliphatic rings. The number of carbonyl (C=O) groups is 1. The van der Waals surface area contributed by atoms with Crippen molar-refractivity contribution in [1.29, 1.82) is 0 Å². The number of nitrogens with zero attached hydrogens (tertiary/aromatic N) is 4. The normalized spacial score (nSPS) is 15.6. The topological polar surface area (TPSA) is 69.4 Å². The number of halogens is 1. The molecule has 0 aliphatic carbocycles. The van der Waals surface area contributed by atoms with E-state index in [2.05, 4.69) is 24.0 Å². The average molecular weight is 443 g/mol. The van der Waals surface area contributed by atoms with E-state index in [1.54, 1.807) is 11.3 Å². The van der Waals surface area contributed by atoms with Gasteiger partial charge in [-0.2, -0.15) is 0 Å². The minimum absolute atomic E-state index is 0.0877. The maximum atomic E-state index is 13.1. The fraction of sp³-hybridized carbons (Fsp3) is 0.333. The fourth-order valence-electron chi connectivity index (χ4n) is 3.71. The molecule has 0 saturated heterocycles. The average Bonchev–Trinajstić information content (AvgIpc) is 3.27. The summed E-state index contributed by atoms with van der Waals surface area (Å²) in [5.74, 6) is 0.515. The van der Waals surface area contributed by atoms with Gasteiger partial charge < -0.3 is 4.74 Å². The number of ether oxygens (including phenoxy) is 1. The van der Waals surface area contributed by atoms with Gasteiger partial charge >= 0.3 is 0 Å². The number of hydrogen-bond donors (Lipinski definition) is 0. The molecule has 0 unspecified atom stereocenters. The summed E-state index contributed by atoms with van der Waals surface area (Å²) in [7, 11) is 0. The first-order valence-electron chi connectivity index (χ1n) is 9.54. The molecule has 1 aliphatic heterocycles. The Morgan fingerprint density at radius 2 is 2.07 bits per heavy atom. The Kier molecular flexibility index (Phi) is 4.64. The molecule has 0 fully saturated rings. The molecule has 0 saturated carbocycles. The second-order valence-corrected chi connectivity index (χ2v) is 9.95. The van der Waals surface area contributed by atoms with Crippen LogP contribution < -0.4 is 0 Å². The van der Waals surface area contributed by atoms with Crippen molar-refractivity contribution in [3.05, 3.63) is 51.9 Å². The Balaban J connectivity index is 1.51. The second-order valence-electron chi connectivity index (χ2n) is 7.93. The molecular formula is C21H19FN4O2S2. The van der Waals surface area contributed by atoms with Crippen molar-refractivity contribution >= 4 is 44.7 Å². The van der Waals surface area contributed by atoms with Crippen LogP contribution in [0.15, 0.2) is 29.4 Å². The van der Waals surface area contributed by atoms with Crippen molar-refractivity contribution in [2.45, 2.75) is 44.6 Å². The van der Waals surface area contributed by atoms with Gasteiger partial charge in [-0.25, -0.2) is 9.37 Å². The summed E-state index contributed by atoms with van der Waals surface area (Å²) in [6.07, 6.45) is 0.793. The molecule has 3 aromatic heterocycles. The van der Waals surface area contributed by atoms with E-state index in [0.717, 1.165) is 28.1 Å². The van der Waals surface area contributed by atoms with Gasteiger partial charge in [0, 0.05) is 16.9 Å². The largest absolute Gasteiger partial charge is 0.370 e. The smallest absolute Gasteiger partial charge is 0.197 e. The van der Waals surface area contributed by atoms with Crippen LogP contribution in [0.3, 0.4) is 0 Å². The Labute approximate surface area is 180 Å². The van der Waals surface area contributed by atoms with Crippen molar-refractivity contribution in [3.8, 4) is 0 Å². The zero-order valence-electron chi connectivity index (χ0n) is 16.7. The molecule has 0 amide bonds. The Morgan fingerprint density at radius 1 is 1.30 bits per heavy atom. The number of aryl methyl sites for hydroxylation is 1. The number of ketones is 1. The van der Waals surface area contributed by atoms with E-state index in [9.17, 15) is 9.18 Å². The van der Waals surface area contributed by atoms with Crippen molar-refractivity contribution in [3.63, 3.8) is 0 Å². The van der Waals surface area contributed by atoms with Crippen LogP contribution in [-0.2, 0) is 17.8 Å². The molecule has 5 rings (SSSR count). The predicted molar refractivity (Wildman–Crippen MR) is 115 cm³/mol. The van der Waals surface area contributed by atoms with Gasteiger partial charge in [0.15, 0.2) is 16.6 Å². The summed E-state index contributed by atoms with van der Waals surface area (Å²) in [4.78, 5) is 19.4. The lowest BCUT2D eigenvalue weighted by atomic mass is 9.94. The van der Waals surface area contributed by atoms with Gasteiger partial charge in [0.2, 0.25) is 0 Å². The number of rotatable bonds is 4. The predicted octanol–water partition coefficient (Wildman–Crippen LogP) is 4.61. The molecule has 154 valence electrons. The number of fused-ring (bicyclic) bond motifs is 5. The lowest BCUT2D eigenvalue weighted by Crippen LogP contribution is -2.31. The van der Waals surface area contributed by atoms with Gasteiger partial charge in [0.1, 0.15) is 16.5 Å². The van der Waals surface area contributed by atoms with Crippen LogP contribution in [0.2, 0.25) is 0 Å². The van der Waals surface area contributed by atoms with Crippen molar-refractivity contribution < 1.29 is 13.9 Å². The van der Waals surface area contributed by atoms with Gasteiger partial charge in [-0.3, -0.25) is 9.20 Å². The standard InChI is InChI=1S/C21H19FN4O2S2/c1-11-23-19-17(14-8-21(2,3)28-9-16(14)30-19)18-24-25-20(26(11)18)29-10-15(27)12-4-6-13(22)7-5-12/h4-7H,8-10H2,1-3H3. The summed E-state index contributed by atoms with van der Waals surface area (Å²) < 4.78 is 21.0. The van der Waals surface area contributed by atoms with E-state index < -0.39 is 0 Å². The summed E-state index contributed by atoms with van der Waals surface area (Å²) in [5.41, 5.74) is 2.24. The molecule has 9 heteroatoms. The highest BCUT2D eigenvalue weighted by molar-refractivity contribution is 7.99. The van der Waals surface area contributed by atoms with Crippen LogP contribution in [0.25, 0.3) is 15.9 Å². The minimum Gasteiger partial charge on any atom is -0.370 e. The van der Waals surface area contributed by atoms with Crippen LogP contribution >= 0.6 is 23.1 Å². The van der Waals surface area contributed by atoms with E-state index in [-0.39, 0.29) is 23.0 Å². The highest BCUT2D eigenvalue weighted by Gasteiger charge is 2.31. The van der Waals surface area contributed by atoms with Gasteiger partial charge in [0.25, 0.3) is 0 Å². The van der Waals surface area contributed by atoms with Crippen LogP contribution in [0.4, 0.5) is 4.39 Å². The molecule has 4 aromatic rings. The quantitative estimate of drug-likeness (QED) is 0.340. The Morgan fingerprint density at radius 3 is 2.83 bits per heavy atom. The van der Waals surface area contributed by atoms with E-state index in [0.29, 0.717) is 17.3 Å². The van der Waals surface area contributed by atoms with Gasteiger partial charge in [-0.1, -0.05) is 11.8 Å². The summed E-state index contributed by atoms with van der Waals surface area (Å²) in [6.45, 7) is 6.67. The molecule has 0 atom stereocenters. The number of aromatic nitrogens is 4. The lowest BCUT2D eigenvalue weighted by Gasteiger charge is -2.30. The number of Topliss-reactive ketones (excluding diaryl/α,β-unsaturated/α-hetero) is 1. The lowest BCUT2D eigenvalue weighted by molar-refractivity contribution is -0.0379. The monoisotopic (exact) mass is 442 g/mol. The van der Waals surface area contributed by atoms with Crippen molar-refractivity contribution in [1.82, 2.24) is 19.6 Å². The molecule has 0 N–H and O–H groups in total. The fourth-order valence-corrected chi connectivity index (χ4v) is 5.73. The first-order valence-corrected chi connectivity index (χ1v) is 11.3. The van der Waals surface area contributed by atoms with Crippen LogP contribution in [0.1, 0.15) is 40.5 Å². The van der Waals surface area contributed by atoms with Crippen molar-refractivity contribution in [2.24, 2.45) is 0 Å². The molecule has 1 aromatic carbocycles. The molecule has 30 heavy (non-hydrogen) atoms. The SMILES string of the molecule is Cc1nc2sc3c(c2c2nnc(SCC(=O)c4ccc(F)cc4)n12)CC(C)(C)OC3. The van der Waals surface area contributed by atoms with Crippen LogP contribution in [0, 0.1) is 12.7 Å². The highest BCUT2D eigenvalue weighted by Crippen LogP contribution is 2.40. The Bertz CT molecular complexity index is 1290. The van der Waals surface area contributed by atoms with Crippen molar-refractivity contribution in [2.75, 3.05) is 5.75 Å². The maximum Gasteiger partial charge on any atom is 0.197 e. The van der Waals surface area contributed by atoms with E-state index in [1.165, 1.54) is 46.5 Å². The van der Waals surface area contributed by atoms with E-state index in [1.807, 2.05) is 11.3 Å². The minimum atomic E-state index is -0.360. The van der Waals surface area contributed by atoms with E-state index >= 15 is 0 Å². The van der Waals surface area contributed by atoms with Gasteiger partial charge in [-0.05, 0) is 50.6 Å². The molecule has 0 spiro atoms. The summed E-state index contributed by atoms with van der Waals surface area (Å²) in [5, 5.41) is 10.5. The third kappa shape index (κ3) is 3.30. The number of thiophene rings is 1. The summed E-state index contributed by atoms with van der Waals surface area (Å²) in [6, 6.07) is 5.58. The van der Waals surface area contributed by atoms with Gasteiger partial charge in [-0.15, -0.1) is 21.5 Å². The first kappa shape index (κ1) is 19.6. The van der Waals surface area contributed by atoms with Crippen LogP contribution in [0.5, 0.6) is 0 Å². The molecule has 6 nitrogen and oxygen atoms in total.